The molecule has 0 radical (unpaired) electrons. The van der Waals surface area contributed by atoms with Crippen molar-refractivity contribution in [3.05, 3.63) is 0 Å². The van der Waals surface area contributed by atoms with Crippen molar-refractivity contribution in [3.8, 4) is 0 Å². The average molecular weight is 228 g/mol. The number of esters is 2. The van der Waals surface area contributed by atoms with E-state index in [4.69, 9.17) is 14.2 Å². The molecule has 6 heteroatoms. The molecule has 3 aliphatic heterocycles. The van der Waals surface area contributed by atoms with Crippen LogP contribution in [0.4, 0.5) is 0 Å². The first-order chi connectivity index (χ1) is 7.60. The van der Waals surface area contributed by atoms with Crippen molar-refractivity contribution in [1.29, 1.82) is 0 Å². The molecule has 0 saturated carbocycles. The maximum Gasteiger partial charge on any atom is 0.309 e. The summed E-state index contributed by atoms with van der Waals surface area (Å²) in [6.07, 6.45) is -0.333. The van der Waals surface area contributed by atoms with E-state index in [0.29, 0.717) is 0 Å². The predicted octanol–water partition coefficient (Wildman–Crippen LogP) is -1.00. The van der Waals surface area contributed by atoms with Gasteiger partial charge in [0.1, 0.15) is 18.3 Å². The van der Waals surface area contributed by atoms with Crippen LogP contribution < -0.4 is 0 Å². The number of aliphatic hydroxyl groups is 1. The van der Waals surface area contributed by atoms with Crippen molar-refractivity contribution in [2.24, 2.45) is 5.41 Å². The van der Waals surface area contributed by atoms with E-state index >= 15 is 0 Å². The summed E-state index contributed by atoms with van der Waals surface area (Å²) in [4.78, 5) is 22.5. The van der Waals surface area contributed by atoms with Crippen molar-refractivity contribution in [1.82, 2.24) is 0 Å². The molecule has 0 aromatic carbocycles. The highest BCUT2D eigenvalue weighted by atomic mass is 16.6. The molecule has 3 aliphatic rings. The van der Waals surface area contributed by atoms with Crippen LogP contribution in [0.2, 0.25) is 0 Å². The highest BCUT2D eigenvalue weighted by Gasteiger charge is 2.67. The van der Waals surface area contributed by atoms with E-state index in [9.17, 15) is 14.7 Å². The molecule has 0 bridgehead atoms. The molecule has 16 heavy (non-hydrogen) atoms. The van der Waals surface area contributed by atoms with Gasteiger partial charge in [-0.25, -0.2) is 0 Å². The summed E-state index contributed by atoms with van der Waals surface area (Å²) in [5.41, 5.74) is -1.56. The van der Waals surface area contributed by atoms with Gasteiger partial charge in [-0.1, -0.05) is 0 Å². The standard InChI is InChI=1S/C10H12O6/c11-3-10-2-7(13)16-8(10)9(5-15-10)1-6(12)14-4-9/h8,11H,1-5H2/t8-,9-,10+/m0/s1. The maximum absolute atomic E-state index is 11.3. The van der Waals surface area contributed by atoms with Gasteiger partial charge in [0.2, 0.25) is 0 Å². The molecule has 0 aromatic rings. The molecule has 1 N–H and O–H groups in total. The summed E-state index contributed by atoms with van der Waals surface area (Å²) in [6, 6.07) is 0. The van der Waals surface area contributed by atoms with Crippen LogP contribution in [0, 0.1) is 5.41 Å². The smallest absolute Gasteiger partial charge is 0.309 e. The summed E-state index contributed by atoms with van der Waals surface area (Å²) in [7, 11) is 0. The first-order valence-electron chi connectivity index (χ1n) is 5.20. The van der Waals surface area contributed by atoms with E-state index in [2.05, 4.69) is 0 Å². The number of ether oxygens (including phenoxy) is 3. The SMILES string of the molecule is O=C1C[C@]2(CO1)CO[C@@]1(CO)CC(=O)O[C@@H]21. The zero-order chi connectivity index (χ0) is 11.4. The molecule has 3 rings (SSSR count). The van der Waals surface area contributed by atoms with Gasteiger partial charge in [-0.05, 0) is 0 Å². The van der Waals surface area contributed by atoms with Crippen LogP contribution in [-0.4, -0.2) is 48.6 Å². The molecular formula is C10H12O6. The number of hydrogen-bond acceptors (Lipinski definition) is 6. The average Bonchev–Trinajstić information content (AvgIpc) is 2.85. The topological polar surface area (TPSA) is 82.1 Å². The summed E-state index contributed by atoms with van der Waals surface area (Å²) in [6.45, 7) is 0.210. The minimum atomic E-state index is -0.967. The Labute approximate surface area is 91.5 Å². The normalized spacial score (nSPS) is 45.9. The number of fused-ring (bicyclic) bond motifs is 2. The lowest BCUT2D eigenvalue weighted by Gasteiger charge is -2.28. The summed E-state index contributed by atoms with van der Waals surface area (Å²) in [5.74, 6) is -0.697. The molecule has 3 heterocycles. The Balaban J connectivity index is 1.95. The van der Waals surface area contributed by atoms with Crippen molar-refractivity contribution in [3.63, 3.8) is 0 Å². The maximum atomic E-state index is 11.3. The molecule has 0 amide bonds. The van der Waals surface area contributed by atoms with E-state index in [-0.39, 0.29) is 38.6 Å². The molecule has 6 nitrogen and oxygen atoms in total. The van der Waals surface area contributed by atoms with Gasteiger partial charge in [0.15, 0.2) is 0 Å². The fourth-order valence-corrected chi connectivity index (χ4v) is 2.85. The van der Waals surface area contributed by atoms with Gasteiger partial charge in [0.05, 0.1) is 31.5 Å². The van der Waals surface area contributed by atoms with Crippen molar-refractivity contribution in [2.45, 2.75) is 24.5 Å². The predicted molar refractivity (Wildman–Crippen MR) is 48.3 cm³/mol. The minimum Gasteiger partial charge on any atom is -0.465 e. The van der Waals surface area contributed by atoms with Crippen LogP contribution in [0.15, 0.2) is 0 Å². The van der Waals surface area contributed by atoms with Crippen LogP contribution >= 0.6 is 0 Å². The Kier molecular flexibility index (Phi) is 1.85. The molecule has 3 fully saturated rings. The first-order valence-corrected chi connectivity index (χ1v) is 5.20. The minimum absolute atomic E-state index is 0.0457. The second-order valence-electron chi connectivity index (χ2n) is 4.76. The fourth-order valence-electron chi connectivity index (χ4n) is 2.85. The molecule has 0 aliphatic carbocycles. The van der Waals surface area contributed by atoms with Crippen LogP contribution in [0.3, 0.4) is 0 Å². The van der Waals surface area contributed by atoms with Gasteiger partial charge < -0.3 is 19.3 Å². The second kappa shape index (κ2) is 2.95. The number of carbonyl (C=O) groups is 2. The lowest BCUT2D eigenvalue weighted by atomic mass is 9.77. The zero-order valence-corrected chi connectivity index (χ0v) is 8.60. The lowest BCUT2D eigenvalue weighted by molar-refractivity contribution is -0.145. The van der Waals surface area contributed by atoms with E-state index in [1.807, 2.05) is 0 Å². The second-order valence-corrected chi connectivity index (χ2v) is 4.76. The Hall–Kier alpha value is -1.14. The van der Waals surface area contributed by atoms with Gasteiger partial charge in [-0.15, -0.1) is 0 Å². The Morgan fingerprint density at radius 1 is 1.25 bits per heavy atom. The third kappa shape index (κ3) is 1.08. The number of aliphatic hydroxyl groups excluding tert-OH is 1. The summed E-state index contributed by atoms with van der Waals surface area (Å²) in [5, 5.41) is 9.37. The summed E-state index contributed by atoms with van der Waals surface area (Å²) >= 11 is 0. The molecule has 3 saturated heterocycles. The highest BCUT2D eigenvalue weighted by Crippen LogP contribution is 2.51. The van der Waals surface area contributed by atoms with Crippen LogP contribution in [0.1, 0.15) is 12.8 Å². The third-order valence-electron chi connectivity index (χ3n) is 3.66. The largest absolute Gasteiger partial charge is 0.465 e. The number of carbonyl (C=O) groups excluding carboxylic acids is 2. The molecule has 3 atom stereocenters. The molecule has 0 aromatic heterocycles. The molecule has 88 valence electrons. The quantitative estimate of drug-likeness (QED) is 0.579. The van der Waals surface area contributed by atoms with Gasteiger partial charge in [0, 0.05) is 0 Å². The van der Waals surface area contributed by atoms with E-state index in [0.717, 1.165) is 0 Å². The monoisotopic (exact) mass is 228 g/mol. The number of cyclic esters (lactones) is 1. The molecular weight excluding hydrogens is 216 g/mol. The number of rotatable bonds is 1. The van der Waals surface area contributed by atoms with Crippen LogP contribution in [0.25, 0.3) is 0 Å². The number of hydrogen-bond donors (Lipinski definition) is 1. The van der Waals surface area contributed by atoms with Gasteiger partial charge in [-0.2, -0.15) is 0 Å². The molecule has 1 spiro atoms. The fraction of sp³-hybridized carbons (Fsp3) is 0.800. The van der Waals surface area contributed by atoms with E-state index in [1.165, 1.54) is 0 Å². The van der Waals surface area contributed by atoms with Gasteiger partial charge >= 0.3 is 11.9 Å². The van der Waals surface area contributed by atoms with Gasteiger partial charge in [0.25, 0.3) is 0 Å². The Morgan fingerprint density at radius 2 is 2.06 bits per heavy atom. The third-order valence-corrected chi connectivity index (χ3v) is 3.66. The Morgan fingerprint density at radius 3 is 2.69 bits per heavy atom. The van der Waals surface area contributed by atoms with E-state index in [1.54, 1.807) is 0 Å². The zero-order valence-electron chi connectivity index (χ0n) is 8.60. The van der Waals surface area contributed by atoms with Crippen molar-refractivity contribution in [2.75, 3.05) is 19.8 Å². The van der Waals surface area contributed by atoms with Crippen molar-refractivity contribution >= 4 is 11.9 Å². The Bertz CT molecular complexity index is 366. The van der Waals surface area contributed by atoms with Gasteiger partial charge in [-0.3, -0.25) is 9.59 Å². The van der Waals surface area contributed by atoms with Crippen LogP contribution in [-0.2, 0) is 23.8 Å². The van der Waals surface area contributed by atoms with E-state index < -0.39 is 23.1 Å². The summed E-state index contributed by atoms with van der Waals surface area (Å²) < 4.78 is 15.7. The van der Waals surface area contributed by atoms with Crippen LogP contribution in [0.5, 0.6) is 0 Å². The molecule has 0 unspecified atom stereocenters. The van der Waals surface area contributed by atoms with Crippen molar-refractivity contribution < 1.29 is 28.9 Å². The highest BCUT2D eigenvalue weighted by molar-refractivity contribution is 5.76. The first kappa shape index (κ1) is 10.0. The lowest BCUT2D eigenvalue weighted by Crippen LogP contribution is -2.45.